The van der Waals surface area contributed by atoms with E-state index in [4.69, 9.17) is 10.2 Å². The van der Waals surface area contributed by atoms with Gasteiger partial charge in [0, 0.05) is 5.38 Å². The Morgan fingerprint density at radius 2 is 2.12 bits per heavy atom. The molecule has 0 aliphatic rings. The standard InChI is InChI=1S/C10H14N2O4S/c1-5(2)8(9(15)16)12-10-11-6(4-17-10)3-7(13)14/h4-5,8H,3H2,1-2H3,(H,11,12)(H,13,14)(H,15,16). The molecule has 3 N–H and O–H groups in total. The van der Waals surface area contributed by atoms with Gasteiger partial charge in [0.1, 0.15) is 6.04 Å². The number of thiazole rings is 1. The summed E-state index contributed by atoms with van der Waals surface area (Å²) < 4.78 is 0. The third-order valence-corrected chi connectivity index (χ3v) is 2.92. The van der Waals surface area contributed by atoms with E-state index in [-0.39, 0.29) is 12.3 Å². The van der Waals surface area contributed by atoms with E-state index in [1.54, 1.807) is 19.2 Å². The summed E-state index contributed by atoms with van der Waals surface area (Å²) in [5, 5.41) is 22.4. The van der Waals surface area contributed by atoms with Gasteiger partial charge < -0.3 is 15.5 Å². The van der Waals surface area contributed by atoms with Crippen LogP contribution in [0, 0.1) is 5.92 Å². The molecule has 1 aromatic rings. The Morgan fingerprint density at radius 3 is 2.59 bits per heavy atom. The zero-order valence-electron chi connectivity index (χ0n) is 9.51. The lowest BCUT2D eigenvalue weighted by Crippen LogP contribution is -2.34. The van der Waals surface area contributed by atoms with Crippen LogP contribution in [0.3, 0.4) is 0 Å². The molecule has 0 spiro atoms. The Hall–Kier alpha value is -1.63. The summed E-state index contributed by atoms with van der Waals surface area (Å²) in [4.78, 5) is 25.4. The molecule has 7 heteroatoms. The van der Waals surface area contributed by atoms with E-state index in [1.165, 1.54) is 11.3 Å². The van der Waals surface area contributed by atoms with Gasteiger partial charge in [-0.2, -0.15) is 0 Å². The van der Waals surface area contributed by atoms with E-state index in [9.17, 15) is 9.59 Å². The molecule has 0 aromatic carbocycles. The van der Waals surface area contributed by atoms with Crippen molar-refractivity contribution in [3.63, 3.8) is 0 Å². The van der Waals surface area contributed by atoms with Crippen molar-refractivity contribution in [1.29, 1.82) is 0 Å². The fourth-order valence-electron chi connectivity index (χ4n) is 1.26. The molecule has 0 radical (unpaired) electrons. The molecular formula is C10H14N2O4S. The van der Waals surface area contributed by atoms with Crippen molar-refractivity contribution < 1.29 is 19.8 Å². The zero-order chi connectivity index (χ0) is 13.0. The predicted molar refractivity (Wildman–Crippen MR) is 63.3 cm³/mol. The van der Waals surface area contributed by atoms with E-state index in [1.807, 2.05) is 0 Å². The number of nitrogens with zero attached hydrogens (tertiary/aromatic N) is 1. The smallest absolute Gasteiger partial charge is 0.326 e. The Bertz CT molecular complexity index is 416. The van der Waals surface area contributed by atoms with Gasteiger partial charge in [-0.05, 0) is 5.92 Å². The van der Waals surface area contributed by atoms with Crippen molar-refractivity contribution in [3.05, 3.63) is 11.1 Å². The van der Waals surface area contributed by atoms with Gasteiger partial charge in [-0.15, -0.1) is 11.3 Å². The average molecular weight is 258 g/mol. The average Bonchev–Trinajstić information content (AvgIpc) is 2.59. The fraction of sp³-hybridized carbons (Fsp3) is 0.500. The lowest BCUT2D eigenvalue weighted by molar-refractivity contribution is -0.139. The number of carboxylic acids is 2. The van der Waals surface area contributed by atoms with E-state index < -0.39 is 18.0 Å². The third kappa shape index (κ3) is 4.03. The van der Waals surface area contributed by atoms with Crippen LogP contribution in [0.25, 0.3) is 0 Å². The number of hydrogen-bond donors (Lipinski definition) is 3. The molecule has 0 aliphatic carbocycles. The van der Waals surface area contributed by atoms with Crippen LogP contribution in [0.2, 0.25) is 0 Å². The molecule has 0 amide bonds. The first kappa shape index (κ1) is 13.4. The maximum atomic E-state index is 11.0. The van der Waals surface area contributed by atoms with Gasteiger partial charge in [0.25, 0.3) is 0 Å². The minimum Gasteiger partial charge on any atom is -0.481 e. The quantitative estimate of drug-likeness (QED) is 0.711. The largest absolute Gasteiger partial charge is 0.481 e. The van der Waals surface area contributed by atoms with Crippen molar-refractivity contribution in [2.24, 2.45) is 5.92 Å². The first-order valence-corrected chi connectivity index (χ1v) is 5.93. The molecule has 1 aromatic heterocycles. The maximum Gasteiger partial charge on any atom is 0.326 e. The summed E-state index contributed by atoms with van der Waals surface area (Å²) in [6, 6.07) is -0.723. The molecule has 0 saturated heterocycles. The number of carboxylic acid groups (broad SMARTS) is 2. The van der Waals surface area contributed by atoms with Crippen LogP contribution in [0.5, 0.6) is 0 Å². The van der Waals surface area contributed by atoms with Crippen molar-refractivity contribution in [3.8, 4) is 0 Å². The molecule has 6 nitrogen and oxygen atoms in total. The van der Waals surface area contributed by atoms with E-state index in [2.05, 4.69) is 10.3 Å². The predicted octanol–water partition coefficient (Wildman–Crippen LogP) is 1.29. The van der Waals surface area contributed by atoms with E-state index >= 15 is 0 Å². The molecule has 1 heterocycles. The van der Waals surface area contributed by atoms with Gasteiger partial charge in [-0.1, -0.05) is 13.8 Å². The monoisotopic (exact) mass is 258 g/mol. The Balaban J connectivity index is 2.70. The molecule has 0 aliphatic heterocycles. The third-order valence-electron chi connectivity index (χ3n) is 2.10. The number of aliphatic carboxylic acids is 2. The Labute approximate surface area is 102 Å². The number of rotatable bonds is 6. The maximum absolute atomic E-state index is 11.0. The second kappa shape index (κ2) is 5.62. The van der Waals surface area contributed by atoms with Crippen LogP contribution >= 0.6 is 11.3 Å². The van der Waals surface area contributed by atoms with Gasteiger partial charge in [0.15, 0.2) is 5.13 Å². The van der Waals surface area contributed by atoms with Gasteiger partial charge in [-0.25, -0.2) is 9.78 Å². The fourth-order valence-corrected chi connectivity index (χ4v) is 2.00. The molecule has 1 rings (SSSR count). The van der Waals surface area contributed by atoms with Crippen LogP contribution < -0.4 is 5.32 Å². The van der Waals surface area contributed by atoms with Crippen molar-refractivity contribution >= 4 is 28.4 Å². The molecule has 1 atom stereocenters. The highest BCUT2D eigenvalue weighted by Crippen LogP contribution is 2.19. The molecular weight excluding hydrogens is 244 g/mol. The highest BCUT2D eigenvalue weighted by Gasteiger charge is 2.22. The van der Waals surface area contributed by atoms with Crippen molar-refractivity contribution in [2.75, 3.05) is 5.32 Å². The number of aromatic nitrogens is 1. The molecule has 1 unspecified atom stereocenters. The lowest BCUT2D eigenvalue weighted by Gasteiger charge is -2.16. The number of nitrogens with one attached hydrogen (secondary N) is 1. The van der Waals surface area contributed by atoms with Crippen LogP contribution in [0.4, 0.5) is 5.13 Å². The Morgan fingerprint density at radius 1 is 1.47 bits per heavy atom. The number of carbonyl (C=O) groups is 2. The number of hydrogen-bond acceptors (Lipinski definition) is 5. The SMILES string of the molecule is CC(C)C(Nc1nc(CC(=O)O)cs1)C(=O)O. The highest BCUT2D eigenvalue weighted by molar-refractivity contribution is 7.13. The summed E-state index contributed by atoms with van der Waals surface area (Å²) >= 11 is 1.21. The topological polar surface area (TPSA) is 99.5 Å². The van der Waals surface area contributed by atoms with Gasteiger partial charge in [0.05, 0.1) is 12.1 Å². The summed E-state index contributed by atoms with van der Waals surface area (Å²) in [7, 11) is 0. The number of anilines is 1. The first-order valence-electron chi connectivity index (χ1n) is 5.05. The summed E-state index contributed by atoms with van der Waals surface area (Å²) in [6.45, 7) is 3.58. The molecule has 17 heavy (non-hydrogen) atoms. The minimum absolute atomic E-state index is 0.0840. The van der Waals surface area contributed by atoms with Crippen molar-refractivity contribution in [2.45, 2.75) is 26.3 Å². The van der Waals surface area contributed by atoms with E-state index in [0.29, 0.717) is 10.8 Å². The van der Waals surface area contributed by atoms with Gasteiger partial charge in [-0.3, -0.25) is 4.79 Å². The molecule has 0 bridgehead atoms. The van der Waals surface area contributed by atoms with Crippen LogP contribution in [-0.2, 0) is 16.0 Å². The first-order chi connectivity index (χ1) is 7.90. The minimum atomic E-state index is -0.958. The highest BCUT2D eigenvalue weighted by atomic mass is 32.1. The van der Waals surface area contributed by atoms with Crippen LogP contribution in [-0.4, -0.2) is 33.2 Å². The summed E-state index contributed by atoms with van der Waals surface area (Å²) in [6.07, 6.45) is -0.155. The second-order valence-electron chi connectivity index (χ2n) is 3.92. The normalized spacial score (nSPS) is 12.4. The van der Waals surface area contributed by atoms with Gasteiger partial charge in [0.2, 0.25) is 0 Å². The van der Waals surface area contributed by atoms with E-state index in [0.717, 1.165) is 0 Å². The zero-order valence-corrected chi connectivity index (χ0v) is 10.3. The van der Waals surface area contributed by atoms with Crippen molar-refractivity contribution in [1.82, 2.24) is 4.98 Å². The second-order valence-corrected chi connectivity index (χ2v) is 4.78. The Kier molecular flexibility index (Phi) is 4.45. The molecule has 0 fully saturated rings. The lowest BCUT2D eigenvalue weighted by atomic mass is 10.1. The molecule has 0 saturated carbocycles. The van der Waals surface area contributed by atoms with Crippen LogP contribution in [0.1, 0.15) is 19.5 Å². The van der Waals surface area contributed by atoms with Crippen LogP contribution in [0.15, 0.2) is 5.38 Å². The summed E-state index contributed by atoms with van der Waals surface area (Å²) in [5.74, 6) is -1.99. The van der Waals surface area contributed by atoms with Gasteiger partial charge >= 0.3 is 11.9 Å². The molecule has 94 valence electrons. The summed E-state index contributed by atoms with van der Waals surface area (Å²) in [5.41, 5.74) is 0.429.